The molecule has 0 radical (unpaired) electrons. The molecule has 21 heavy (non-hydrogen) atoms. The molecule has 1 fully saturated rings. The Morgan fingerprint density at radius 1 is 1.24 bits per heavy atom. The molecule has 1 aliphatic heterocycles. The van der Waals surface area contributed by atoms with Crippen molar-refractivity contribution in [1.82, 2.24) is 15.6 Å². The van der Waals surface area contributed by atoms with Gasteiger partial charge >= 0.3 is 6.03 Å². The fourth-order valence-corrected chi connectivity index (χ4v) is 2.26. The number of carbonyl (C=O) groups is 2. The molecule has 114 valence electrons. The zero-order valence-electron chi connectivity index (χ0n) is 12.2. The number of aromatic nitrogens is 1. The van der Waals surface area contributed by atoms with E-state index in [0.717, 1.165) is 31.7 Å². The normalized spacial score (nSPS) is 13.9. The monoisotopic (exact) mass is 291 g/mol. The Labute approximate surface area is 124 Å². The maximum absolute atomic E-state index is 11.8. The summed E-state index contributed by atoms with van der Waals surface area (Å²) in [5.41, 5.74) is 0.705. The van der Waals surface area contributed by atoms with Gasteiger partial charge in [-0.15, -0.1) is 0 Å². The first-order chi connectivity index (χ1) is 10.2. The molecular weight excluding hydrogens is 270 g/mol. The molecule has 0 bridgehead atoms. The summed E-state index contributed by atoms with van der Waals surface area (Å²) in [5.74, 6) is 0.702. The van der Waals surface area contributed by atoms with Crippen LogP contribution in [0.3, 0.4) is 0 Å². The fraction of sp³-hybridized carbons (Fsp3) is 0.500. The largest absolute Gasteiger partial charge is 0.355 e. The first kappa shape index (κ1) is 15.1. The number of carbonyl (C=O) groups excluding carboxylic acids is 2. The zero-order chi connectivity index (χ0) is 15.1. The molecule has 1 aliphatic rings. The van der Waals surface area contributed by atoms with Gasteiger partial charge in [0.1, 0.15) is 0 Å². The molecule has 7 nitrogen and oxygen atoms in total. The summed E-state index contributed by atoms with van der Waals surface area (Å²) >= 11 is 0. The van der Waals surface area contributed by atoms with Crippen LogP contribution >= 0.6 is 0 Å². The Kier molecular flexibility index (Phi) is 5.36. The maximum Gasteiger partial charge on any atom is 0.319 e. The van der Waals surface area contributed by atoms with E-state index in [1.807, 2.05) is 6.07 Å². The molecule has 0 unspecified atom stereocenters. The maximum atomic E-state index is 11.8. The average Bonchev–Trinajstić information content (AvgIpc) is 2.98. The van der Waals surface area contributed by atoms with Gasteiger partial charge in [-0.25, -0.2) is 9.78 Å². The van der Waals surface area contributed by atoms with Crippen LogP contribution in [0.2, 0.25) is 0 Å². The third kappa shape index (κ3) is 4.62. The van der Waals surface area contributed by atoms with E-state index in [9.17, 15) is 9.59 Å². The molecule has 3 amide bonds. The van der Waals surface area contributed by atoms with Crippen molar-refractivity contribution in [2.75, 3.05) is 36.4 Å². The van der Waals surface area contributed by atoms with Gasteiger partial charge in [-0.1, -0.05) is 0 Å². The number of hydrogen-bond acceptors (Lipinski definition) is 4. The van der Waals surface area contributed by atoms with Gasteiger partial charge in [0.15, 0.2) is 5.82 Å². The molecule has 3 N–H and O–H groups in total. The van der Waals surface area contributed by atoms with E-state index < -0.39 is 0 Å². The summed E-state index contributed by atoms with van der Waals surface area (Å²) in [5, 5.41) is 8.12. The quantitative estimate of drug-likeness (QED) is 0.705. The van der Waals surface area contributed by atoms with Crippen LogP contribution in [0, 0.1) is 0 Å². The number of anilines is 2. The van der Waals surface area contributed by atoms with Crippen LogP contribution in [0.1, 0.15) is 19.8 Å². The lowest BCUT2D eigenvalue weighted by atomic mass is 10.3. The SMILES string of the molecule is CC(=O)NCCNC(=O)Nc1cccnc1N1CCCC1. The van der Waals surface area contributed by atoms with E-state index in [1.165, 1.54) is 6.92 Å². The van der Waals surface area contributed by atoms with Crippen molar-refractivity contribution >= 4 is 23.4 Å². The smallest absolute Gasteiger partial charge is 0.319 e. The lowest BCUT2D eigenvalue weighted by Crippen LogP contribution is -2.36. The molecule has 0 atom stereocenters. The standard InChI is InChI=1S/C14H21N5O2/c1-11(20)15-7-8-17-14(21)18-12-5-4-6-16-13(12)19-9-2-3-10-19/h4-6H,2-3,7-10H2,1H3,(H,15,20)(H2,17,18,21). The number of urea groups is 1. The highest BCUT2D eigenvalue weighted by molar-refractivity contribution is 5.92. The van der Waals surface area contributed by atoms with E-state index >= 15 is 0 Å². The van der Waals surface area contributed by atoms with Crippen LogP contribution in [0.15, 0.2) is 18.3 Å². The van der Waals surface area contributed by atoms with Crippen LogP contribution in [-0.2, 0) is 4.79 Å². The van der Waals surface area contributed by atoms with Gasteiger partial charge in [-0.3, -0.25) is 4.79 Å². The number of amides is 3. The van der Waals surface area contributed by atoms with Crippen molar-refractivity contribution in [3.05, 3.63) is 18.3 Å². The second-order valence-corrected chi connectivity index (χ2v) is 4.93. The van der Waals surface area contributed by atoms with Crippen LogP contribution in [0.25, 0.3) is 0 Å². The molecule has 0 aromatic carbocycles. The average molecular weight is 291 g/mol. The summed E-state index contributed by atoms with van der Waals surface area (Å²) in [4.78, 5) is 29.1. The number of rotatable bonds is 5. The summed E-state index contributed by atoms with van der Waals surface area (Å²) in [6.45, 7) is 4.17. The molecule has 0 saturated carbocycles. The topological polar surface area (TPSA) is 86.4 Å². The number of pyridine rings is 1. The van der Waals surface area contributed by atoms with Crippen LogP contribution in [0.5, 0.6) is 0 Å². The van der Waals surface area contributed by atoms with Crippen molar-refractivity contribution in [3.8, 4) is 0 Å². The van der Waals surface area contributed by atoms with E-state index in [1.54, 1.807) is 12.3 Å². The van der Waals surface area contributed by atoms with E-state index in [2.05, 4.69) is 25.8 Å². The number of nitrogens with one attached hydrogen (secondary N) is 3. The van der Waals surface area contributed by atoms with Gasteiger partial charge in [0.05, 0.1) is 5.69 Å². The second kappa shape index (κ2) is 7.47. The highest BCUT2D eigenvalue weighted by Gasteiger charge is 2.17. The minimum absolute atomic E-state index is 0.110. The van der Waals surface area contributed by atoms with Crippen molar-refractivity contribution in [1.29, 1.82) is 0 Å². The molecular formula is C14H21N5O2. The van der Waals surface area contributed by atoms with E-state index in [4.69, 9.17) is 0 Å². The highest BCUT2D eigenvalue weighted by atomic mass is 16.2. The van der Waals surface area contributed by atoms with Crippen molar-refractivity contribution in [2.24, 2.45) is 0 Å². The summed E-state index contributed by atoms with van der Waals surface area (Å²) in [6.07, 6.45) is 4.03. The predicted molar refractivity (Wildman–Crippen MR) is 81.4 cm³/mol. The number of hydrogen-bond donors (Lipinski definition) is 3. The lowest BCUT2D eigenvalue weighted by molar-refractivity contribution is -0.118. The van der Waals surface area contributed by atoms with Crippen molar-refractivity contribution in [2.45, 2.75) is 19.8 Å². The first-order valence-electron chi connectivity index (χ1n) is 7.16. The minimum atomic E-state index is -0.297. The van der Waals surface area contributed by atoms with Gasteiger partial charge < -0.3 is 20.9 Å². The molecule has 0 aliphatic carbocycles. The van der Waals surface area contributed by atoms with Crippen molar-refractivity contribution < 1.29 is 9.59 Å². The second-order valence-electron chi connectivity index (χ2n) is 4.93. The molecule has 2 heterocycles. The Balaban J connectivity index is 1.87. The first-order valence-corrected chi connectivity index (χ1v) is 7.16. The summed E-state index contributed by atoms with van der Waals surface area (Å²) in [6, 6.07) is 3.34. The molecule has 2 rings (SSSR count). The van der Waals surface area contributed by atoms with Gasteiger partial charge in [-0.2, -0.15) is 0 Å². The fourth-order valence-electron chi connectivity index (χ4n) is 2.26. The molecule has 1 saturated heterocycles. The zero-order valence-corrected chi connectivity index (χ0v) is 12.2. The van der Waals surface area contributed by atoms with Gasteiger partial charge in [0.25, 0.3) is 0 Å². The Morgan fingerprint density at radius 3 is 2.67 bits per heavy atom. The Morgan fingerprint density at radius 2 is 1.95 bits per heavy atom. The third-order valence-electron chi connectivity index (χ3n) is 3.22. The highest BCUT2D eigenvalue weighted by Crippen LogP contribution is 2.25. The van der Waals surface area contributed by atoms with Gasteiger partial charge in [0.2, 0.25) is 5.91 Å². The Bertz CT molecular complexity index is 500. The molecule has 1 aromatic rings. The van der Waals surface area contributed by atoms with E-state index in [0.29, 0.717) is 18.8 Å². The van der Waals surface area contributed by atoms with Crippen LogP contribution in [0.4, 0.5) is 16.3 Å². The molecule has 0 spiro atoms. The molecule has 7 heteroatoms. The van der Waals surface area contributed by atoms with Crippen LogP contribution < -0.4 is 20.9 Å². The molecule has 1 aromatic heterocycles. The number of nitrogens with zero attached hydrogens (tertiary/aromatic N) is 2. The van der Waals surface area contributed by atoms with Crippen LogP contribution in [-0.4, -0.2) is 43.1 Å². The van der Waals surface area contributed by atoms with Gasteiger partial charge in [-0.05, 0) is 25.0 Å². The Hall–Kier alpha value is -2.31. The summed E-state index contributed by atoms with van der Waals surface area (Å²) in [7, 11) is 0. The lowest BCUT2D eigenvalue weighted by Gasteiger charge is -2.20. The van der Waals surface area contributed by atoms with Gasteiger partial charge in [0, 0.05) is 39.3 Å². The van der Waals surface area contributed by atoms with E-state index in [-0.39, 0.29) is 11.9 Å². The summed E-state index contributed by atoms with van der Waals surface area (Å²) < 4.78 is 0. The predicted octanol–water partition coefficient (Wildman–Crippen LogP) is 0.939. The minimum Gasteiger partial charge on any atom is -0.355 e. The third-order valence-corrected chi connectivity index (χ3v) is 3.22. The van der Waals surface area contributed by atoms with Crippen molar-refractivity contribution in [3.63, 3.8) is 0 Å².